The summed E-state index contributed by atoms with van der Waals surface area (Å²) in [6.45, 7) is 13.9. The first-order valence-corrected chi connectivity index (χ1v) is 16.4. The van der Waals surface area contributed by atoms with Gasteiger partial charge in [-0.3, -0.25) is 9.78 Å². The third kappa shape index (κ3) is 6.86. The van der Waals surface area contributed by atoms with Gasteiger partial charge < -0.3 is 18.7 Å². The Balaban J connectivity index is 1.44. The van der Waals surface area contributed by atoms with E-state index in [9.17, 15) is 4.79 Å². The number of nitrogens with zero attached hydrogens (tertiary/aromatic N) is 2. The molecule has 0 aliphatic carbocycles. The van der Waals surface area contributed by atoms with Gasteiger partial charge in [0.15, 0.2) is 13.9 Å². The highest BCUT2D eigenvalue weighted by atomic mass is 28.4. The molecule has 0 bridgehead atoms. The summed E-state index contributed by atoms with van der Waals surface area (Å²) in [7, 11) is -0.615. The zero-order valence-corrected chi connectivity index (χ0v) is 25.2. The standard InChI is InChI=1S/C31H40N2O5Si/c1-22-18-24(26-10-8-9-11-27(26)32-22)20-36-25-14-12-23(13-15-25)28-19-31(38-33-28,17-16-29(34)35-5)21-37-39(6,7)30(2,3)4/h8-15,18H,16-17,19-21H2,1-7H3. The van der Waals surface area contributed by atoms with Crippen molar-refractivity contribution in [3.63, 3.8) is 0 Å². The van der Waals surface area contributed by atoms with Crippen LogP contribution in [0.1, 0.15) is 56.9 Å². The van der Waals surface area contributed by atoms with Crippen molar-refractivity contribution >= 4 is 30.9 Å². The van der Waals surface area contributed by atoms with Crippen LogP contribution in [0.5, 0.6) is 5.75 Å². The van der Waals surface area contributed by atoms with E-state index >= 15 is 0 Å². The van der Waals surface area contributed by atoms with E-state index < -0.39 is 13.9 Å². The number of aromatic nitrogens is 1. The van der Waals surface area contributed by atoms with Gasteiger partial charge in [-0.2, -0.15) is 0 Å². The number of hydrogen-bond donors (Lipinski definition) is 0. The third-order valence-electron chi connectivity index (χ3n) is 7.87. The number of carbonyl (C=O) groups is 1. The molecule has 0 spiro atoms. The van der Waals surface area contributed by atoms with Crippen LogP contribution in [0.15, 0.2) is 59.8 Å². The molecular weight excluding hydrogens is 508 g/mol. The molecule has 2 aromatic carbocycles. The number of oxime groups is 1. The molecule has 1 aliphatic rings. The molecule has 8 heteroatoms. The molecule has 208 valence electrons. The summed E-state index contributed by atoms with van der Waals surface area (Å²) in [5, 5.41) is 5.61. The van der Waals surface area contributed by atoms with E-state index in [1.54, 1.807) is 0 Å². The maximum atomic E-state index is 12.0. The maximum absolute atomic E-state index is 12.0. The van der Waals surface area contributed by atoms with E-state index in [0.29, 0.717) is 26.1 Å². The molecule has 0 radical (unpaired) electrons. The van der Waals surface area contributed by atoms with Crippen molar-refractivity contribution in [3.05, 3.63) is 71.4 Å². The fourth-order valence-electron chi connectivity index (χ4n) is 4.34. The van der Waals surface area contributed by atoms with Crippen LogP contribution < -0.4 is 4.74 Å². The Morgan fingerprint density at radius 1 is 1.10 bits per heavy atom. The zero-order chi connectivity index (χ0) is 28.3. The van der Waals surface area contributed by atoms with Gasteiger partial charge in [0.05, 0.1) is 24.9 Å². The Morgan fingerprint density at radius 2 is 1.82 bits per heavy atom. The summed E-state index contributed by atoms with van der Waals surface area (Å²) in [6.07, 6.45) is 1.28. The molecule has 1 aliphatic heterocycles. The monoisotopic (exact) mass is 548 g/mol. The van der Waals surface area contributed by atoms with Gasteiger partial charge in [-0.25, -0.2) is 0 Å². The Morgan fingerprint density at radius 3 is 2.51 bits per heavy atom. The van der Waals surface area contributed by atoms with Crippen LogP contribution in [-0.2, 0) is 25.4 Å². The smallest absolute Gasteiger partial charge is 0.305 e. The number of para-hydroxylation sites is 1. The van der Waals surface area contributed by atoms with E-state index in [1.807, 2.05) is 49.4 Å². The predicted octanol–water partition coefficient (Wildman–Crippen LogP) is 6.96. The van der Waals surface area contributed by atoms with Crippen molar-refractivity contribution in [1.82, 2.24) is 4.98 Å². The number of ether oxygens (including phenoxy) is 2. The molecule has 2 heterocycles. The normalized spacial score (nSPS) is 17.6. The van der Waals surface area contributed by atoms with Crippen LogP contribution in [0.25, 0.3) is 10.9 Å². The molecule has 3 aromatic rings. The van der Waals surface area contributed by atoms with Gasteiger partial charge in [-0.1, -0.05) is 44.1 Å². The number of aryl methyl sites for hydroxylation is 1. The summed E-state index contributed by atoms with van der Waals surface area (Å²) in [5.41, 5.74) is 4.14. The van der Waals surface area contributed by atoms with Gasteiger partial charge in [0.1, 0.15) is 12.4 Å². The fraction of sp³-hybridized carbons (Fsp3) is 0.452. The largest absolute Gasteiger partial charge is 0.489 e. The second-order valence-corrected chi connectivity index (χ2v) is 16.7. The van der Waals surface area contributed by atoms with Crippen LogP contribution in [0.2, 0.25) is 18.1 Å². The third-order valence-corrected chi connectivity index (χ3v) is 12.3. The highest BCUT2D eigenvalue weighted by Crippen LogP contribution is 2.39. The first-order valence-electron chi connectivity index (χ1n) is 13.5. The summed E-state index contributed by atoms with van der Waals surface area (Å²) in [6, 6.07) is 18.1. The van der Waals surface area contributed by atoms with Crippen molar-refractivity contribution in [3.8, 4) is 5.75 Å². The lowest BCUT2D eigenvalue weighted by Crippen LogP contribution is -2.46. The van der Waals surface area contributed by atoms with Gasteiger partial charge in [0.25, 0.3) is 0 Å². The Labute approximate surface area is 232 Å². The Hall–Kier alpha value is -3.23. The number of fused-ring (bicyclic) bond motifs is 1. The van der Waals surface area contributed by atoms with E-state index in [2.05, 4.69) is 56.1 Å². The molecule has 0 saturated heterocycles. The average molecular weight is 549 g/mol. The van der Waals surface area contributed by atoms with Crippen LogP contribution in [0.3, 0.4) is 0 Å². The number of pyridine rings is 1. The zero-order valence-electron chi connectivity index (χ0n) is 24.2. The van der Waals surface area contributed by atoms with Gasteiger partial charge in [0.2, 0.25) is 0 Å². The second kappa shape index (κ2) is 11.5. The highest BCUT2D eigenvalue weighted by molar-refractivity contribution is 6.74. The minimum absolute atomic E-state index is 0.0654. The molecule has 0 N–H and O–H groups in total. The Bertz CT molecular complexity index is 1350. The summed E-state index contributed by atoms with van der Waals surface area (Å²) in [4.78, 5) is 22.6. The number of carbonyl (C=O) groups excluding carboxylic acids is 1. The quantitative estimate of drug-likeness (QED) is 0.201. The molecule has 1 aromatic heterocycles. The van der Waals surface area contributed by atoms with E-state index in [4.69, 9.17) is 18.7 Å². The first kappa shape index (κ1) is 28.8. The maximum Gasteiger partial charge on any atom is 0.305 e. The van der Waals surface area contributed by atoms with Crippen LogP contribution >= 0.6 is 0 Å². The molecule has 1 unspecified atom stereocenters. The summed E-state index contributed by atoms with van der Waals surface area (Å²) >= 11 is 0. The lowest BCUT2D eigenvalue weighted by molar-refractivity contribution is -0.143. The topological polar surface area (TPSA) is 79.2 Å². The molecular formula is C31H40N2O5Si. The average Bonchev–Trinajstić information content (AvgIpc) is 3.33. The molecule has 1 atom stereocenters. The molecule has 7 nitrogen and oxygen atoms in total. The molecule has 0 amide bonds. The first-order chi connectivity index (χ1) is 18.4. The lowest BCUT2D eigenvalue weighted by atomic mass is 9.90. The lowest BCUT2D eigenvalue weighted by Gasteiger charge is -2.39. The van der Waals surface area contributed by atoms with Gasteiger partial charge in [-0.15, -0.1) is 0 Å². The van der Waals surface area contributed by atoms with Crippen LogP contribution in [-0.4, -0.2) is 44.3 Å². The van der Waals surface area contributed by atoms with Crippen molar-refractivity contribution < 1.29 is 23.5 Å². The van der Waals surface area contributed by atoms with Crippen molar-refractivity contribution in [2.75, 3.05) is 13.7 Å². The van der Waals surface area contributed by atoms with E-state index in [0.717, 1.165) is 39.2 Å². The number of esters is 1. The van der Waals surface area contributed by atoms with Crippen molar-refractivity contribution in [2.45, 2.75) is 77.3 Å². The van der Waals surface area contributed by atoms with E-state index in [-0.39, 0.29) is 17.4 Å². The summed E-state index contributed by atoms with van der Waals surface area (Å²) < 4.78 is 17.5. The molecule has 0 fully saturated rings. The molecule has 39 heavy (non-hydrogen) atoms. The minimum Gasteiger partial charge on any atom is -0.489 e. The molecule has 0 saturated carbocycles. The van der Waals surface area contributed by atoms with Crippen LogP contribution in [0, 0.1) is 6.92 Å². The number of benzene rings is 2. The minimum atomic E-state index is -2.02. The fourth-order valence-corrected chi connectivity index (χ4v) is 5.40. The summed E-state index contributed by atoms with van der Waals surface area (Å²) in [5.74, 6) is 0.507. The van der Waals surface area contributed by atoms with Crippen molar-refractivity contribution in [1.29, 1.82) is 0 Å². The SMILES string of the molecule is COC(=O)CCC1(CO[Si](C)(C)C(C)(C)C)CC(c2ccc(OCc3cc(C)nc4ccccc34)cc2)=NO1. The number of rotatable bonds is 10. The van der Waals surface area contributed by atoms with Crippen molar-refractivity contribution in [2.24, 2.45) is 5.16 Å². The van der Waals surface area contributed by atoms with Gasteiger partial charge >= 0.3 is 5.97 Å². The number of methoxy groups -OCH3 is 1. The van der Waals surface area contributed by atoms with Crippen LogP contribution in [0.4, 0.5) is 0 Å². The van der Waals surface area contributed by atoms with Gasteiger partial charge in [-0.05, 0) is 67.0 Å². The highest BCUT2D eigenvalue weighted by Gasteiger charge is 2.44. The van der Waals surface area contributed by atoms with E-state index in [1.165, 1.54) is 7.11 Å². The predicted molar refractivity (Wildman–Crippen MR) is 157 cm³/mol. The Kier molecular flexibility index (Phi) is 8.47. The molecule has 4 rings (SSSR count). The number of hydrogen-bond acceptors (Lipinski definition) is 7. The van der Waals surface area contributed by atoms with Gasteiger partial charge in [0, 0.05) is 35.9 Å². The second-order valence-electron chi connectivity index (χ2n) is 11.9.